The molecule has 0 heterocycles. The van der Waals surface area contributed by atoms with E-state index in [1.54, 1.807) is 0 Å². The second kappa shape index (κ2) is 3.63. The summed E-state index contributed by atoms with van der Waals surface area (Å²) in [5, 5.41) is 17.3. The molecule has 0 amide bonds. The van der Waals surface area contributed by atoms with Crippen molar-refractivity contribution in [1.29, 1.82) is 0 Å². The molecule has 3 nitrogen and oxygen atoms in total. The minimum Gasteiger partial charge on any atom is -0.481 e. The van der Waals surface area contributed by atoms with Crippen molar-refractivity contribution in [2.45, 2.75) is 39.7 Å². The van der Waals surface area contributed by atoms with Crippen LogP contribution in [0.5, 0.6) is 0 Å². The maximum atomic E-state index is 9.93. The second-order valence-corrected chi connectivity index (χ2v) is 5.32. The summed E-state index contributed by atoms with van der Waals surface area (Å²) >= 11 is 0. The normalized spacial score (nSPS) is 39.8. The monoisotopic (exact) mass is 212 g/mol. The molecule has 0 saturated heterocycles. The molecule has 3 rings (SSSR count). The zero-order valence-corrected chi connectivity index (χ0v) is 9.82. The Balaban J connectivity index is 0.000000245. The van der Waals surface area contributed by atoms with Gasteiger partial charge in [-0.15, -0.1) is 0 Å². The van der Waals surface area contributed by atoms with Crippen molar-refractivity contribution in [3.8, 4) is 0 Å². The molecule has 0 aromatic rings. The summed E-state index contributed by atoms with van der Waals surface area (Å²) in [4.78, 5) is 9.00. The molecule has 86 valence electrons. The Labute approximate surface area is 90.8 Å². The van der Waals surface area contributed by atoms with Crippen LogP contribution in [0.4, 0.5) is 0 Å². The highest BCUT2D eigenvalue weighted by molar-refractivity contribution is 5.62. The molecule has 0 aromatic heterocycles. The zero-order chi connectivity index (χ0) is 11.9. The fourth-order valence-electron chi connectivity index (χ4n) is 2.70. The van der Waals surface area contributed by atoms with Gasteiger partial charge >= 0.3 is 0 Å². The first kappa shape index (κ1) is 12.2. The van der Waals surface area contributed by atoms with Crippen LogP contribution in [0.2, 0.25) is 0 Å². The number of carboxylic acid groups (broad SMARTS) is 1. The predicted molar refractivity (Wildman–Crippen MR) is 58.5 cm³/mol. The lowest BCUT2D eigenvalue weighted by Gasteiger charge is -2.59. The summed E-state index contributed by atoms with van der Waals surface area (Å²) in [7, 11) is 0. The van der Waals surface area contributed by atoms with Crippen LogP contribution in [0.3, 0.4) is 0 Å². The van der Waals surface area contributed by atoms with Crippen molar-refractivity contribution < 1.29 is 15.0 Å². The highest BCUT2D eigenvalue weighted by Gasteiger charge is 2.56. The third-order valence-corrected chi connectivity index (χ3v) is 3.71. The number of rotatable bonds is 0. The van der Waals surface area contributed by atoms with Crippen LogP contribution in [0, 0.1) is 17.3 Å². The van der Waals surface area contributed by atoms with E-state index >= 15 is 0 Å². The van der Waals surface area contributed by atoms with Gasteiger partial charge in [0.1, 0.15) is 0 Å². The van der Waals surface area contributed by atoms with Crippen LogP contribution in [-0.4, -0.2) is 21.8 Å². The van der Waals surface area contributed by atoms with Gasteiger partial charge in [0.25, 0.3) is 5.97 Å². The minimum atomic E-state index is -0.833. The maximum absolute atomic E-state index is 9.93. The van der Waals surface area contributed by atoms with Gasteiger partial charge < -0.3 is 10.2 Å². The van der Waals surface area contributed by atoms with E-state index in [0.29, 0.717) is 17.3 Å². The van der Waals surface area contributed by atoms with Crippen molar-refractivity contribution in [3.05, 3.63) is 12.2 Å². The molecule has 0 aromatic carbocycles. The lowest BCUT2D eigenvalue weighted by Crippen LogP contribution is -2.57. The van der Waals surface area contributed by atoms with Gasteiger partial charge in [0, 0.05) is 6.92 Å². The largest absolute Gasteiger partial charge is 0.481 e. The molecule has 15 heavy (non-hydrogen) atoms. The van der Waals surface area contributed by atoms with E-state index in [0.717, 1.165) is 6.92 Å². The van der Waals surface area contributed by atoms with E-state index in [4.69, 9.17) is 9.90 Å². The van der Waals surface area contributed by atoms with Crippen molar-refractivity contribution >= 4 is 5.97 Å². The topological polar surface area (TPSA) is 57.5 Å². The quantitative estimate of drug-likeness (QED) is 0.604. The number of allylic oxidation sites excluding steroid dienone is 1. The molecule has 3 aliphatic rings. The lowest BCUT2D eigenvalue weighted by molar-refractivity contribution is -0.134. The smallest absolute Gasteiger partial charge is 0.300 e. The third kappa shape index (κ3) is 2.23. The number of fused-ring (bicyclic) bond motifs is 1. The average Bonchev–Trinajstić information content (AvgIpc) is 2.00. The standard InChI is InChI=1S/C10H16O.C2H4O2/c1-9(2)7-4-5-10(3,11)8(9)6-7;1-2(3)4/h4-5,7-8,11H,6H2,1-3H3;1H3,(H,3,4)/t7-,8+,10-;/m1./s1. The van der Waals surface area contributed by atoms with Crippen LogP contribution in [-0.2, 0) is 4.79 Å². The van der Waals surface area contributed by atoms with Crippen LogP contribution < -0.4 is 0 Å². The van der Waals surface area contributed by atoms with Crippen LogP contribution in [0.1, 0.15) is 34.1 Å². The average molecular weight is 212 g/mol. The molecule has 3 aliphatic carbocycles. The van der Waals surface area contributed by atoms with Gasteiger partial charge in [-0.1, -0.05) is 26.0 Å². The highest BCUT2D eigenvalue weighted by atomic mass is 16.4. The van der Waals surface area contributed by atoms with Gasteiger partial charge in [-0.2, -0.15) is 0 Å². The minimum absolute atomic E-state index is 0.332. The van der Waals surface area contributed by atoms with E-state index in [1.807, 2.05) is 13.0 Å². The Morgan fingerprint density at radius 3 is 2.07 bits per heavy atom. The van der Waals surface area contributed by atoms with Gasteiger partial charge in [-0.05, 0) is 30.6 Å². The summed E-state index contributed by atoms with van der Waals surface area (Å²) in [5.74, 6) is 0.359. The molecule has 2 bridgehead atoms. The fourth-order valence-corrected chi connectivity index (χ4v) is 2.70. The Morgan fingerprint density at radius 1 is 1.40 bits per heavy atom. The second-order valence-electron chi connectivity index (χ2n) is 5.32. The summed E-state index contributed by atoms with van der Waals surface area (Å²) < 4.78 is 0. The molecule has 3 atom stereocenters. The molecule has 0 spiro atoms. The number of aliphatic hydroxyl groups is 1. The molecular weight excluding hydrogens is 192 g/mol. The third-order valence-electron chi connectivity index (χ3n) is 3.71. The van der Waals surface area contributed by atoms with Gasteiger partial charge in [0.2, 0.25) is 0 Å². The van der Waals surface area contributed by atoms with Crippen LogP contribution in [0.25, 0.3) is 0 Å². The first-order valence-corrected chi connectivity index (χ1v) is 5.29. The number of carboxylic acids is 1. The Morgan fingerprint density at radius 2 is 1.87 bits per heavy atom. The van der Waals surface area contributed by atoms with Gasteiger partial charge in [-0.25, -0.2) is 0 Å². The van der Waals surface area contributed by atoms with E-state index < -0.39 is 11.6 Å². The molecular formula is C12H20O3. The Hall–Kier alpha value is -0.830. The molecule has 1 saturated carbocycles. The molecule has 3 heteroatoms. The summed E-state index contributed by atoms with van der Waals surface area (Å²) in [5.41, 5.74) is -0.212. The first-order chi connectivity index (χ1) is 6.68. The van der Waals surface area contributed by atoms with Crippen molar-refractivity contribution in [3.63, 3.8) is 0 Å². The van der Waals surface area contributed by atoms with E-state index in [-0.39, 0.29) is 0 Å². The maximum Gasteiger partial charge on any atom is 0.300 e. The summed E-state index contributed by atoms with van der Waals surface area (Å²) in [6, 6.07) is 0. The fraction of sp³-hybridized carbons (Fsp3) is 0.750. The Bertz CT molecular complexity index is 285. The summed E-state index contributed by atoms with van der Waals surface area (Å²) in [6.45, 7) is 7.51. The molecule has 1 fully saturated rings. The van der Waals surface area contributed by atoms with Crippen LogP contribution >= 0.6 is 0 Å². The number of hydrogen-bond acceptors (Lipinski definition) is 2. The van der Waals surface area contributed by atoms with Gasteiger partial charge in [-0.3, -0.25) is 4.79 Å². The zero-order valence-electron chi connectivity index (χ0n) is 9.82. The summed E-state index contributed by atoms with van der Waals surface area (Å²) in [6.07, 6.45) is 5.33. The van der Waals surface area contributed by atoms with Crippen molar-refractivity contribution in [2.75, 3.05) is 0 Å². The van der Waals surface area contributed by atoms with E-state index in [9.17, 15) is 5.11 Å². The molecule has 0 radical (unpaired) electrons. The first-order valence-electron chi connectivity index (χ1n) is 5.29. The van der Waals surface area contributed by atoms with E-state index in [2.05, 4.69) is 19.9 Å². The lowest BCUT2D eigenvalue weighted by atomic mass is 9.47. The Kier molecular flexibility index (Phi) is 2.97. The molecule has 2 N–H and O–H groups in total. The van der Waals surface area contributed by atoms with Crippen molar-refractivity contribution in [2.24, 2.45) is 17.3 Å². The van der Waals surface area contributed by atoms with Crippen LogP contribution in [0.15, 0.2) is 12.2 Å². The molecule has 0 unspecified atom stereocenters. The van der Waals surface area contributed by atoms with Crippen molar-refractivity contribution in [1.82, 2.24) is 0 Å². The predicted octanol–water partition coefficient (Wildman–Crippen LogP) is 2.06. The SMILES string of the molecule is CC(=O)O.CC1(C)[C@@H]2C=C[C@@](C)(O)[C@H]1C2. The number of carbonyl (C=O) groups is 1. The number of aliphatic carboxylic acids is 1. The van der Waals surface area contributed by atoms with Gasteiger partial charge in [0.15, 0.2) is 0 Å². The van der Waals surface area contributed by atoms with Gasteiger partial charge in [0.05, 0.1) is 5.60 Å². The highest BCUT2D eigenvalue weighted by Crippen LogP contribution is 2.59. The molecule has 0 aliphatic heterocycles. The number of hydrogen-bond donors (Lipinski definition) is 2. The van der Waals surface area contributed by atoms with E-state index in [1.165, 1.54) is 6.42 Å².